The molecule has 2 heterocycles. The average Bonchev–Trinajstić information content (AvgIpc) is 2.84. The van der Waals surface area contributed by atoms with E-state index in [0.29, 0.717) is 0 Å². The zero-order chi connectivity index (χ0) is 11.6. The van der Waals surface area contributed by atoms with Crippen LogP contribution in [0.15, 0.2) is 6.20 Å². The van der Waals surface area contributed by atoms with Gasteiger partial charge in [-0.15, -0.1) is 0 Å². The summed E-state index contributed by atoms with van der Waals surface area (Å²) in [6.45, 7) is 8.16. The third-order valence-electron chi connectivity index (χ3n) is 2.69. The molecule has 1 aliphatic heterocycles. The number of hydrogen-bond donors (Lipinski definition) is 2. The minimum Gasteiger partial charge on any atom is -0.370 e. The van der Waals surface area contributed by atoms with E-state index in [1.807, 2.05) is 6.20 Å². The van der Waals surface area contributed by atoms with Crippen molar-refractivity contribution in [2.24, 2.45) is 0 Å². The van der Waals surface area contributed by atoms with E-state index in [0.717, 1.165) is 37.5 Å². The highest BCUT2D eigenvalue weighted by Gasteiger charge is 2.20. The van der Waals surface area contributed by atoms with Gasteiger partial charge in [0.2, 0.25) is 0 Å². The predicted molar refractivity (Wildman–Crippen MR) is 63.1 cm³/mol. The molecule has 0 saturated carbocycles. The second kappa shape index (κ2) is 4.55. The highest BCUT2D eigenvalue weighted by atomic mass is 16.5. The SMILES string of the molecule is CC(C)(C)NCc1cnc(C2CCCO2)[nH]1. The average molecular weight is 223 g/mol. The molecule has 0 aliphatic carbocycles. The van der Waals surface area contributed by atoms with Crippen molar-refractivity contribution in [1.29, 1.82) is 0 Å². The van der Waals surface area contributed by atoms with Crippen LogP contribution in [0.1, 0.15) is 51.2 Å². The Morgan fingerprint density at radius 3 is 3.00 bits per heavy atom. The number of aromatic amines is 1. The van der Waals surface area contributed by atoms with Crippen LogP contribution in [0.5, 0.6) is 0 Å². The highest BCUT2D eigenvalue weighted by molar-refractivity contribution is 5.04. The Hall–Kier alpha value is -0.870. The molecule has 1 aromatic rings. The molecule has 2 rings (SSSR count). The van der Waals surface area contributed by atoms with Gasteiger partial charge in [0.25, 0.3) is 0 Å². The van der Waals surface area contributed by atoms with E-state index in [1.165, 1.54) is 0 Å². The van der Waals surface area contributed by atoms with Crippen molar-refractivity contribution < 1.29 is 4.74 Å². The maximum atomic E-state index is 5.58. The third-order valence-corrected chi connectivity index (χ3v) is 2.69. The molecule has 1 unspecified atom stereocenters. The van der Waals surface area contributed by atoms with Gasteiger partial charge in [-0.25, -0.2) is 4.98 Å². The summed E-state index contributed by atoms with van der Waals surface area (Å²) in [6, 6.07) is 0. The normalized spacial score (nSPS) is 21.6. The van der Waals surface area contributed by atoms with Gasteiger partial charge in [-0.1, -0.05) is 0 Å². The van der Waals surface area contributed by atoms with Gasteiger partial charge < -0.3 is 15.0 Å². The van der Waals surface area contributed by atoms with Crippen molar-refractivity contribution >= 4 is 0 Å². The fraction of sp³-hybridized carbons (Fsp3) is 0.750. The third kappa shape index (κ3) is 3.06. The molecule has 4 nitrogen and oxygen atoms in total. The summed E-state index contributed by atoms with van der Waals surface area (Å²) >= 11 is 0. The van der Waals surface area contributed by atoms with Crippen LogP contribution in [0.25, 0.3) is 0 Å². The molecule has 16 heavy (non-hydrogen) atoms. The van der Waals surface area contributed by atoms with Gasteiger partial charge in [0, 0.05) is 30.6 Å². The maximum absolute atomic E-state index is 5.58. The lowest BCUT2D eigenvalue weighted by Gasteiger charge is -2.19. The zero-order valence-corrected chi connectivity index (χ0v) is 10.3. The number of ether oxygens (including phenoxy) is 1. The Kier molecular flexibility index (Phi) is 3.30. The molecule has 0 amide bonds. The monoisotopic (exact) mass is 223 g/mol. The van der Waals surface area contributed by atoms with Gasteiger partial charge in [-0.3, -0.25) is 0 Å². The van der Waals surface area contributed by atoms with Crippen molar-refractivity contribution in [1.82, 2.24) is 15.3 Å². The Labute approximate surface area is 96.8 Å². The zero-order valence-electron chi connectivity index (χ0n) is 10.3. The van der Waals surface area contributed by atoms with Crippen LogP contribution < -0.4 is 5.32 Å². The Morgan fingerprint density at radius 2 is 2.38 bits per heavy atom. The topological polar surface area (TPSA) is 49.9 Å². The molecule has 1 fully saturated rings. The quantitative estimate of drug-likeness (QED) is 0.825. The van der Waals surface area contributed by atoms with Crippen LogP contribution >= 0.6 is 0 Å². The lowest BCUT2D eigenvalue weighted by molar-refractivity contribution is 0.105. The fourth-order valence-electron chi connectivity index (χ4n) is 1.78. The molecule has 4 heteroatoms. The first-order valence-electron chi connectivity index (χ1n) is 5.95. The lowest BCUT2D eigenvalue weighted by Crippen LogP contribution is -2.35. The lowest BCUT2D eigenvalue weighted by atomic mass is 10.1. The van der Waals surface area contributed by atoms with Crippen LogP contribution in [0.2, 0.25) is 0 Å². The molecule has 1 atom stereocenters. The summed E-state index contributed by atoms with van der Waals surface area (Å²) in [5, 5.41) is 3.43. The standard InChI is InChI=1S/C12H21N3O/c1-12(2,3)14-8-9-7-13-11(15-9)10-5-4-6-16-10/h7,10,14H,4-6,8H2,1-3H3,(H,13,15). The van der Waals surface area contributed by atoms with Gasteiger partial charge in [0.05, 0.1) is 0 Å². The van der Waals surface area contributed by atoms with E-state index in [9.17, 15) is 0 Å². The van der Waals surface area contributed by atoms with Crippen LogP contribution in [-0.2, 0) is 11.3 Å². The molecule has 0 aromatic carbocycles. The molecule has 0 bridgehead atoms. The molecule has 0 radical (unpaired) electrons. The predicted octanol–water partition coefficient (Wildman–Crippen LogP) is 2.15. The number of nitrogens with one attached hydrogen (secondary N) is 2. The number of aromatic nitrogens is 2. The van der Waals surface area contributed by atoms with Crippen molar-refractivity contribution in [2.45, 2.75) is 51.8 Å². The molecule has 1 aromatic heterocycles. The molecule has 90 valence electrons. The number of hydrogen-bond acceptors (Lipinski definition) is 3. The maximum Gasteiger partial charge on any atom is 0.135 e. The number of H-pyrrole nitrogens is 1. The van der Waals surface area contributed by atoms with Crippen LogP contribution in [0, 0.1) is 0 Å². The van der Waals surface area contributed by atoms with Gasteiger partial charge in [-0.05, 0) is 33.6 Å². The number of imidazole rings is 1. The summed E-state index contributed by atoms with van der Waals surface area (Å²) < 4.78 is 5.58. The molecule has 0 spiro atoms. The van der Waals surface area contributed by atoms with Crippen molar-refractivity contribution in [3.05, 3.63) is 17.7 Å². The van der Waals surface area contributed by atoms with E-state index in [2.05, 4.69) is 36.1 Å². The van der Waals surface area contributed by atoms with Gasteiger partial charge in [0.15, 0.2) is 0 Å². The van der Waals surface area contributed by atoms with E-state index in [-0.39, 0.29) is 11.6 Å². The number of nitrogens with zero attached hydrogens (tertiary/aromatic N) is 1. The Balaban J connectivity index is 1.91. The van der Waals surface area contributed by atoms with E-state index >= 15 is 0 Å². The second-order valence-corrected chi connectivity index (χ2v) is 5.40. The van der Waals surface area contributed by atoms with Crippen molar-refractivity contribution in [3.8, 4) is 0 Å². The summed E-state index contributed by atoms with van der Waals surface area (Å²) in [7, 11) is 0. The van der Waals surface area contributed by atoms with Crippen LogP contribution in [-0.4, -0.2) is 22.1 Å². The van der Waals surface area contributed by atoms with Crippen molar-refractivity contribution in [3.63, 3.8) is 0 Å². The molecule has 1 saturated heterocycles. The minimum absolute atomic E-state index is 0.134. The second-order valence-electron chi connectivity index (χ2n) is 5.40. The summed E-state index contributed by atoms with van der Waals surface area (Å²) in [4.78, 5) is 7.71. The summed E-state index contributed by atoms with van der Waals surface area (Å²) in [5.41, 5.74) is 1.26. The smallest absolute Gasteiger partial charge is 0.135 e. The molecular weight excluding hydrogens is 202 g/mol. The fourth-order valence-corrected chi connectivity index (χ4v) is 1.78. The van der Waals surface area contributed by atoms with E-state index in [4.69, 9.17) is 4.74 Å². The molecule has 2 N–H and O–H groups in total. The largest absolute Gasteiger partial charge is 0.370 e. The van der Waals surface area contributed by atoms with Crippen LogP contribution in [0.3, 0.4) is 0 Å². The Bertz CT molecular complexity index is 334. The Morgan fingerprint density at radius 1 is 1.56 bits per heavy atom. The van der Waals surface area contributed by atoms with Crippen LogP contribution in [0.4, 0.5) is 0 Å². The first kappa shape index (κ1) is 11.6. The minimum atomic E-state index is 0.134. The first-order chi connectivity index (χ1) is 7.54. The van der Waals surface area contributed by atoms with Gasteiger partial charge in [0.1, 0.15) is 11.9 Å². The molecular formula is C12H21N3O. The molecule has 1 aliphatic rings. The van der Waals surface area contributed by atoms with E-state index in [1.54, 1.807) is 0 Å². The highest BCUT2D eigenvalue weighted by Crippen LogP contribution is 2.25. The summed E-state index contributed by atoms with van der Waals surface area (Å²) in [5.74, 6) is 0.975. The first-order valence-corrected chi connectivity index (χ1v) is 5.95. The van der Waals surface area contributed by atoms with Gasteiger partial charge in [-0.2, -0.15) is 0 Å². The summed E-state index contributed by atoms with van der Waals surface area (Å²) in [6.07, 6.45) is 4.31. The van der Waals surface area contributed by atoms with E-state index < -0.39 is 0 Å². The number of rotatable bonds is 3. The van der Waals surface area contributed by atoms with Crippen molar-refractivity contribution in [2.75, 3.05) is 6.61 Å². The van der Waals surface area contributed by atoms with Gasteiger partial charge >= 0.3 is 0 Å².